The van der Waals surface area contributed by atoms with Crippen molar-refractivity contribution in [3.63, 3.8) is 0 Å². The van der Waals surface area contributed by atoms with Gasteiger partial charge in [0.05, 0.1) is 12.7 Å². The van der Waals surface area contributed by atoms with Gasteiger partial charge in [-0.2, -0.15) is 0 Å². The Bertz CT molecular complexity index is 613. The molecule has 1 amide bonds. The van der Waals surface area contributed by atoms with Crippen LogP contribution in [-0.2, 0) is 22.6 Å². The van der Waals surface area contributed by atoms with E-state index in [-0.39, 0.29) is 30.1 Å². The molecule has 7 nitrogen and oxygen atoms in total. The van der Waals surface area contributed by atoms with Gasteiger partial charge in [-0.15, -0.1) is 24.0 Å². The van der Waals surface area contributed by atoms with E-state index in [1.54, 1.807) is 7.05 Å². The first-order chi connectivity index (χ1) is 13.2. The van der Waals surface area contributed by atoms with Crippen LogP contribution in [-0.4, -0.2) is 43.9 Å². The van der Waals surface area contributed by atoms with Crippen LogP contribution in [0.15, 0.2) is 29.3 Å². The Labute approximate surface area is 192 Å². The number of nitrogens with one attached hydrogen (secondary N) is 3. The van der Waals surface area contributed by atoms with Gasteiger partial charge in [-0.1, -0.05) is 24.3 Å². The highest BCUT2D eigenvalue weighted by atomic mass is 127. The SMILES string of the molecule is CN=C(NCCCNC(=O)OC(C)(C)C)NCc1ccc(COC(C)C)cc1.I. The molecule has 0 saturated carbocycles. The lowest BCUT2D eigenvalue weighted by atomic mass is 10.1. The molecule has 3 N–H and O–H groups in total. The summed E-state index contributed by atoms with van der Waals surface area (Å²) in [5.74, 6) is 0.726. The Morgan fingerprint density at radius 3 is 2.17 bits per heavy atom. The van der Waals surface area contributed by atoms with Crippen LogP contribution in [0.1, 0.15) is 52.2 Å². The summed E-state index contributed by atoms with van der Waals surface area (Å²) in [5.41, 5.74) is 1.86. The van der Waals surface area contributed by atoms with Crippen molar-refractivity contribution >= 4 is 36.0 Å². The molecule has 29 heavy (non-hydrogen) atoms. The number of hydrogen-bond acceptors (Lipinski definition) is 4. The van der Waals surface area contributed by atoms with Crippen molar-refractivity contribution in [3.05, 3.63) is 35.4 Å². The highest BCUT2D eigenvalue weighted by Gasteiger charge is 2.15. The molecule has 0 radical (unpaired) electrons. The molecular formula is C21H37IN4O3. The largest absolute Gasteiger partial charge is 0.444 e. The zero-order valence-electron chi connectivity index (χ0n) is 18.5. The standard InChI is InChI=1S/C21H36N4O3.HI/c1-16(2)27-15-18-10-8-17(9-11-18)14-25-19(22-6)23-12-7-13-24-20(26)28-21(3,4)5;/h8-11,16H,7,12-15H2,1-6H3,(H,24,26)(H2,22,23,25);1H. The lowest BCUT2D eigenvalue weighted by Gasteiger charge is -2.19. The number of halogens is 1. The number of rotatable bonds is 9. The smallest absolute Gasteiger partial charge is 0.407 e. The lowest BCUT2D eigenvalue weighted by molar-refractivity contribution is 0.0527. The van der Waals surface area contributed by atoms with Gasteiger partial charge in [-0.25, -0.2) is 4.79 Å². The Morgan fingerprint density at radius 2 is 1.62 bits per heavy atom. The zero-order valence-corrected chi connectivity index (χ0v) is 20.8. The highest BCUT2D eigenvalue weighted by molar-refractivity contribution is 14.0. The van der Waals surface area contributed by atoms with Crippen molar-refractivity contribution in [2.45, 2.75) is 65.9 Å². The van der Waals surface area contributed by atoms with Crippen LogP contribution >= 0.6 is 24.0 Å². The van der Waals surface area contributed by atoms with Crippen molar-refractivity contribution < 1.29 is 14.3 Å². The summed E-state index contributed by atoms with van der Waals surface area (Å²) in [6, 6.07) is 8.34. The van der Waals surface area contributed by atoms with E-state index in [1.165, 1.54) is 5.56 Å². The van der Waals surface area contributed by atoms with Gasteiger partial charge in [0.1, 0.15) is 5.60 Å². The number of alkyl carbamates (subject to hydrolysis) is 1. The van der Waals surface area contributed by atoms with Crippen LogP contribution in [0.5, 0.6) is 0 Å². The molecule has 0 aromatic heterocycles. The second-order valence-corrected chi connectivity index (χ2v) is 7.81. The van der Waals surface area contributed by atoms with Crippen LogP contribution in [0.3, 0.4) is 0 Å². The van der Waals surface area contributed by atoms with Crippen LogP contribution in [0.4, 0.5) is 4.79 Å². The lowest BCUT2D eigenvalue weighted by Crippen LogP contribution is -2.39. The van der Waals surface area contributed by atoms with Crippen molar-refractivity contribution in [2.24, 2.45) is 4.99 Å². The molecule has 1 aromatic rings. The maximum Gasteiger partial charge on any atom is 0.407 e. The summed E-state index contributed by atoms with van der Waals surface area (Å²) in [6.45, 7) is 12.1. The van der Waals surface area contributed by atoms with Gasteiger partial charge in [-0.05, 0) is 52.2 Å². The Morgan fingerprint density at radius 1 is 1.03 bits per heavy atom. The Balaban J connectivity index is 0.00000784. The van der Waals surface area contributed by atoms with Gasteiger partial charge in [0.25, 0.3) is 0 Å². The summed E-state index contributed by atoms with van der Waals surface area (Å²) < 4.78 is 10.8. The third-order valence-corrected chi connectivity index (χ3v) is 3.60. The first-order valence-corrected chi connectivity index (χ1v) is 9.80. The van der Waals surface area contributed by atoms with E-state index < -0.39 is 11.7 Å². The highest BCUT2D eigenvalue weighted by Crippen LogP contribution is 2.07. The number of carbonyl (C=O) groups is 1. The minimum Gasteiger partial charge on any atom is -0.444 e. The predicted octanol–water partition coefficient (Wildman–Crippen LogP) is 3.81. The molecule has 1 rings (SSSR count). The zero-order chi connectivity index (χ0) is 21.0. The third kappa shape index (κ3) is 14.1. The molecule has 0 heterocycles. The minimum absolute atomic E-state index is 0. The van der Waals surface area contributed by atoms with Crippen molar-refractivity contribution in [1.82, 2.24) is 16.0 Å². The van der Waals surface area contributed by atoms with Gasteiger partial charge in [0.2, 0.25) is 0 Å². The van der Waals surface area contributed by atoms with Gasteiger partial charge >= 0.3 is 6.09 Å². The molecule has 8 heteroatoms. The number of nitrogens with zero attached hydrogens (tertiary/aromatic N) is 1. The van der Waals surface area contributed by atoms with E-state index >= 15 is 0 Å². The number of amides is 1. The molecular weight excluding hydrogens is 483 g/mol. The van der Waals surface area contributed by atoms with E-state index in [4.69, 9.17) is 9.47 Å². The maximum absolute atomic E-state index is 11.6. The number of carbonyl (C=O) groups excluding carboxylic acids is 1. The van der Waals surface area contributed by atoms with Crippen LogP contribution in [0.25, 0.3) is 0 Å². The predicted molar refractivity (Wildman–Crippen MR) is 129 cm³/mol. The number of ether oxygens (including phenoxy) is 2. The second kappa shape index (κ2) is 14.4. The van der Waals surface area contributed by atoms with E-state index in [0.717, 1.165) is 17.9 Å². The Kier molecular flexibility index (Phi) is 13.7. The monoisotopic (exact) mass is 520 g/mol. The quantitative estimate of drug-likeness (QED) is 0.200. The molecule has 0 unspecified atom stereocenters. The molecule has 166 valence electrons. The number of hydrogen-bond donors (Lipinski definition) is 3. The fraction of sp³-hybridized carbons (Fsp3) is 0.619. The average Bonchev–Trinajstić information content (AvgIpc) is 2.61. The molecule has 0 fully saturated rings. The van der Waals surface area contributed by atoms with Crippen molar-refractivity contribution in [2.75, 3.05) is 20.1 Å². The summed E-state index contributed by atoms with van der Waals surface area (Å²) in [7, 11) is 1.74. The van der Waals surface area contributed by atoms with E-state index in [9.17, 15) is 4.79 Å². The fourth-order valence-electron chi connectivity index (χ4n) is 2.22. The second-order valence-electron chi connectivity index (χ2n) is 7.81. The van der Waals surface area contributed by atoms with Gasteiger partial charge in [0, 0.05) is 26.7 Å². The number of guanidine groups is 1. The minimum atomic E-state index is -0.478. The Hall–Kier alpha value is -1.55. The molecule has 0 aliphatic carbocycles. The van der Waals surface area contributed by atoms with Crippen molar-refractivity contribution in [1.29, 1.82) is 0 Å². The maximum atomic E-state index is 11.6. The van der Waals surface area contributed by atoms with Crippen LogP contribution in [0, 0.1) is 0 Å². The molecule has 0 spiro atoms. The van der Waals surface area contributed by atoms with Crippen LogP contribution in [0.2, 0.25) is 0 Å². The van der Waals surface area contributed by atoms with E-state index in [2.05, 4.69) is 45.2 Å². The molecule has 0 aliphatic rings. The molecule has 1 aromatic carbocycles. The normalized spacial score (nSPS) is 11.6. The first-order valence-electron chi connectivity index (χ1n) is 9.80. The summed E-state index contributed by atoms with van der Waals surface area (Å²) >= 11 is 0. The van der Waals surface area contributed by atoms with Gasteiger partial charge in [-0.3, -0.25) is 4.99 Å². The first kappa shape index (κ1) is 27.5. The summed E-state index contributed by atoms with van der Waals surface area (Å²) in [6.07, 6.45) is 0.608. The average molecular weight is 520 g/mol. The van der Waals surface area contributed by atoms with Gasteiger partial charge in [0.15, 0.2) is 5.96 Å². The van der Waals surface area contributed by atoms with E-state index in [0.29, 0.717) is 26.2 Å². The summed E-state index contributed by atoms with van der Waals surface area (Å²) in [4.78, 5) is 15.8. The molecule has 0 aliphatic heterocycles. The molecule has 0 saturated heterocycles. The number of benzene rings is 1. The topological polar surface area (TPSA) is 84.0 Å². The van der Waals surface area contributed by atoms with Gasteiger partial charge < -0.3 is 25.4 Å². The van der Waals surface area contributed by atoms with Crippen molar-refractivity contribution in [3.8, 4) is 0 Å². The third-order valence-electron chi connectivity index (χ3n) is 3.60. The molecule has 0 bridgehead atoms. The fourth-order valence-corrected chi connectivity index (χ4v) is 2.22. The van der Waals surface area contributed by atoms with Crippen LogP contribution < -0.4 is 16.0 Å². The number of aliphatic imine (C=N–C) groups is 1. The molecule has 0 atom stereocenters. The van der Waals surface area contributed by atoms with E-state index in [1.807, 2.05) is 34.6 Å². The summed E-state index contributed by atoms with van der Waals surface area (Å²) in [5, 5.41) is 9.25.